The Labute approximate surface area is 109 Å². The molecule has 0 radical (unpaired) electrons. The summed E-state index contributed by atoms with van der Waals surface area (Å²) in [5.41, 5.74) is 2.18. The number of rotatable bonds is 3. The summed E-state index contributed by atoms with van der Waals surface area (Å²) in [4.78, 5) is 0. The molecule has 1 N–H and O–H groups in total. The highest BCUT2D eigenvalue weighted by Crippen LogP contribution is 2.50. The molecule has 1 aliphatic carbocycles. The van der Waals surface area contributed by atoms with Crippen molar-refractivity contribution in [1.82, 2.24) is 0 Å². The fourth-order valence-corrected chi connectivity index (χ4v) is 3.29. The Kier molecular flexibility index (Phi) is 3.49. The Morgan fingerprint density at radius 2 is 2.00 bits per heavy atom. The summed E-state index contributed by atoms with van der Waals surface area (Å²) < 4.78 is 5.54. The van der Waals surface area contributed by atoms with Gasteiger partial charge >= 0.3 is 0 Å². The van der Waals surface area contributed by atoms with Crippen LogP contribution in [0.25, 0.3) is 6.08 Å². The monoisotopic (exact) mass is 246 g/mol. The van der Waals surface area contributed by atoms with Crippen molar-refractivity contribution < 1.29 is 9.84 Å². The van der Waals surface area contributed by atoms with Crippen molar-refractivity contribution in [1.29, 1.82) is 0 Å². The number of methoxy groups -OCH3 is 1. The quantitative estimate of drug-likeness (QED) is 0.885. The molecule has 2 nitrogen and oxygen atoms in total. The second-order valence-electron chi connectivity index (χ2n) is 5.64. The molecule has 0 aromatic heterocycles. The lowest BCUT2D eigenvalue weighted by molar-refractivity contribution is 0.0668. The van der Waals surface area contributed by atoms with Crippen LogP contribution in [-0.2, 0) is 4.74 Å². The van der Waals surface area contributed by atoms with Gasteiger partial charge in [0.25, 0.3) is 0 Å². The summed E-state index contributed by atoms with van der Waals surface area (Å²) in [6, 6.07) is 8.39. The summed E-state index contributed by atoms with van der Waals surface area (Å²) in [5.74, 6) is 1.60. The molecule has 98 valence electrons. The van der Waals surface area contributed by atoms with Gasteiger partial charge < -0.3 is 9.84 Å². The average molecular weight is 246 g/mol. The molecular weight excluding hydrogens is 224 g/mol. The molecule has 18 heavy (non-hydrogen) atoms. The van der Waals surface area contributed by atoms with Crippen molar-refractivity contribution in [2.45, 2.75) is 26.7 Å². The maximum atomic E-state index is 9.88. The van der Waals surface area contributed by atoms with Gasteiger partial charge in [0, 0.05) is 5.92 Å². The molecule has 0 amide bonds. The number of hydrogen-bond acceptors (Lipinski definition) is 2. The Bertz CT molecular complexity index is 462. The first-order valence-electron chi connectivity index (χ1n) is 6.50. The minimum Gasteiger partial charge on any atom is -0.500 e. The Morgan fingerprint density at radius 3 is 2.56 bits per heavy atom. The molecule has 0 saturated heterocycles. The maximum absolute atomic E-state index is 9.88. The van der Waals surface area contributed by atoms with Crippen LogP contribution in [-0.4, -0.2) is 18.8 Å². The van der Waals surface area contributed by atoms with Crippen LogP contribution in [0.3, 0.4) is 0 Å². The summed E-state index contributed by atoms with van der Waals surface area (Å²) in [5, 5.41) is 9.88. The number of ether oxygens (including phenoxy) is 1. The third-order valence-corrected chi connectivity index (χ3v) is 4.08. The van der Waals surface area contributed by atoms with Gasteiger partial charge in [-0.3, -0.25) is 0 Å². The van der Waals surface area contributed by atoms with E-state index in [1.807, 2.05) is 6.07 Å². The molecule has 1 aromatic rings. The van der Waals surface area contributed by atoms with Crippen LogP contribution in [0.4, 0.5) is 0 Å². The summed E-state index contributed by atoms with van der Waals surface area (Å²) in [7, 11) is 1.69. The van der Waals surface area contributed by atoms with Crippen LogP contribution in [0.15, 0.2) is 30.0 Å². The molecule has 0 spiro atoms. The molecule has 0 bridgehead atoms. The fraction of sp³-hybridized carbons (Fsp3) is 0.500. The Morgan fingerprint density at radius 1 is 1.33 bits per heavy atom. The van der Waals surface area contributed by atoms with E-state index in [0.29, 0.717) is 5.92 Å². The van der Waals surface area contributed by atoms with Gasteiger partial charge in [-0.25, -0.2) is 0 Å². The Balaban J connectivity index is 2.64. The Hall–Kier alpha value is -1.28. The van der Waals surface area contributed by atoms with Crippen molar-refractivity contribution in [3.8, 4) is 0 Å². The standard InChI is InChI=1S/C16H22O2/c1-11(2)15-13-8-6-5-7-12(13)9-14(18-4)16(15,3)10-17/h5-9,11,15,17H,10H2,1-4H3/t15-,16+/m0/s1. The van der Waals surface area contributed by atoms with E-state index in [1.54, 1.807) is 7.11 Å². The zero-order valence-corrected chi connectivity index (χ0v) is 11.6. The first kappa shape index (κ1) is 13.2. The third-order valence-electron chi connectivity index (χ3n) is 4.08. The van der Waals surface area contributed by atoms with Gasteiger partial charge in [0.15, 0.2) is 0 Å². The lowest BCUT2D eigenvalue weighted by Gasteiger charge is -2.43. The smallest absolute Gasteiger partial charge is 0.105 e. The van der Waals surface area contributed by atoms with Gasteiger partial charge in [-0.2, -0.15) is 0 Å². The highest BCUT2D eigenvalue weighted by molar-refractivity contribution is 5.62. The van der Waals surface area contributed by atoms with Crippen LogP contribution in [0.5, 0.6) is 0 Å². The molecule has 2 rings (SSSR count). The second kappa shape index (κ2) is 4.77. The average Bonchev–Trinajstić information content (AvgIpc) is 2.37. The number of hydrogen-bond donors (Lipinski definition) is 1. The van der Waals surface area contributed by atoms with Gasteiger partial charge in [0.05, 0.1) is 19.1 Å². The lowest BCUT2D eigenvalue weighted by atomic mass is 9.63. The molecule has 0 unspecified atom stereocenters. The van der Waals surface area contributed by atoms with Gasteiger partial charge in [0.1, 0.15) is 5.76 Å². The van der Waals surface area contributed by atoms with E-state index in [1.165, 1.54) is 11.1 Å². The largest absolute Gasteiger partial charge is 0.500 e. The molecule has 0 heterocycles. The normalized spacial score (nSPS) is 26.8. The van der Waals surface area contributed by atoms with Crippen molar-refractivity contribution in [2.24, 2.45) is 11.3 Å². The van der Waals surface area contributed by atoms with Gasteiger partial charge in [-0.1, -0.05) is 38.1 Å². The predicted molar refractivity (Wildman–Crippen MR) is 74.2 cm³/mol. The van der Waals surface area contributed by atoms with E-state index in [-0.39, 0.29) is 17.9 Å². The zero-order chi connectivity index (χ0) is 13.3. The van der Waals surface area contributed by atoms with E-state index < -0.39 is 0 Å². The van der Waals surface area contributed by atoms with Crippen molar-refractivity contribution >= 4 is 6.08 Å². The van der Waals surface area contributed by atoms with Crippen LogP contribution in [0.2, 0.25) is 0 Å². The van der Waals surface area contributed by atoms with Crippen molar-refractivity contribution in [3.63, 3.8) is 0 Å². The summed E-state index contributed by atoms with van der Waals surface area (Å²) >= 11 is 0. The molecule has 1 aromatic carbocycles. The van der Waals surface area contributed by atoms with E-state index >= 15 is 0 Å². The number of benzene rings is 1. The first-order chi connectivity index (χ1) is 8.54. The minimum absolute atomic E-state index is 0.101. The van der Waals surface area contributed by atoms with Crippen LogP contribution >= 0.6 is 0 Å². The van der Waals surface area contributed by atoms with Crippen LogP contribution in [0.1, 0.15) is 37.8 Å². The minimum atomic E-state index is -0.336. The second-order valence-corrected chi connectivity index (χ2v) is 5.64. The van der Waals surface area contributed by atoms with Crippen molar-refractivity contribution in [3.05, 3.63) is 41.2 Å². The van der Waals surface area contributed by atoms with Crippen LogP contribution < -0.4 is 0 Å². The van der Waals surface area contributed by atoms with E-state index in [0.717, 1.165) is 5.76 Å². The summed E-state index contributed by atoms with van der Waals surface area (Å²) in [6.45, 7) is 6.59. The SMILES string of the molecule is COC1=Cc2ccccc2[C@H](C(C)C)[C@]1(C)CO. The first-order valence-corrected chi connectivity index (χ1v) is 6.50. The number of fused-ring (bicyclic) bond motifs is 1. The lowest BCUT2D eigenvalue weighted by Crippen LogP contribution is -2.37. The van der Waals surface area contributed by atoms with E-state index in [4.69, 9.17) is 4.74 Å². The number of aliphatic hydroxyl groups excluding tert-OH is 1. The van der Waals surface area contributed by atoms with E-state index in [9.17, 15) is 5.11 Å². The summed E-state index contributed by atoms with van der Waals surface area (Å²) in [6.07, 6.45) is 2.06. The maximum Gasteiger partial charge on any atom is 0.105 e. The van der Waals surface area contributed by atoms with E-state index in [2.05, 4.69) is 45.0 Å². The number of aliphatic hydroxyl groups is 1. The highest BCUT2D eigenvalue weighted by Gasteiger charge is 2.44. The van der Waals surface area contributed by atoms with Gasteiger partial charge in [-0.15, -0.1) is 0 Å². The molecule has 0 saturated carbocycles. The highest BCUT2D eigenvalue weighted by atomic mass is 16.5. The van der Waals surface area contributed by atoms with Gasteiger partial charge in [0.2, 0.25) is 0 Å². The van der Waals surface area contributed by atoms with Crippen LogP contribution in [0, 0.1) is 11.3 Å². The predicted octanol–water partition coefficient (Wildman–Crippen LogP) is 3.43. The molecule has 0 aliphatic heterocycles. The zero-order valence-electron chi connectivity index (χ0n) is 11.6. The third kappa shape index (κ3) is 1.85. The molecule has 0 fully saturated rings. The molecule has 2 atom stereocenters. The molecule has 1 aliphatic rings. The van der Waals surface area contributed by atoms with Gasteiger partial charge in [-0.05, 0) is 30.0 Å². The topological polar surface area (TPSA) is 29.5 Å². The molecule has 2 heteroatoms. The molecular formula is C16H22O2. The fourth-order valence-electron chi connectivity index (χ4n) is 3.29. The van der Waals surface area contributed by atoms with Crippen molar-refractivity contribution in [2.75, 3.05) is 13.7 Å².